The molecule has 7 heteroatoms. The number of methoxy groups -OCH3 is 1. The van der Waals surface area contributed by atoms with Crippen molar-refractivity contribution in [3.8, 4) is 0 Å². The third-order valence-electron chi connectivity index (χ3n) is 5.45. The van der Waals surface area contributed by atoms with Crippen molar-refractivity contribution in [3.05, 3.63) is 47.5 Å². The molecule has 0 bridgehead atoms. The van der Waals surface area contributed by atoms with E-state index in [1.54, 1.807) is 24.9 Å². The molecule has 0 aliphatic heterocycles. The molecule has 2 rings (SSSR count). The fourth-order valence-electron chi connectivity index (χ4n) is 3.96. The molecule has 5 atom stereocenters. The molecule has 1 aliphatic carbocycles. The van der Waals surface area contributed by atoms with Crippen LogP contribution in [0.3, 0.4) is 0 Å². The van der Waals surface area contributed by atoms with E-state index in [-0.39, 0.29) is 23.6 Å². The van der Waals surface area contributed by atoms with Gasteiger partial charge in [0.15, 0.2) is 0 Å². The first kappa shape index (κ1) is 25.2. The van der Waals surface area contributed by atoms with E-state index in [2.05, 4.69) is 0 Å². The van der Waals surface area contributed by atoms with E-state index in [9.17, 15) is 15.0 Å². The molecule has 1 aromatic rings. The van der Waals surface area contributed by atoms with Crippen LogP contribution in [0.15, 0.2) is 36.4 Å². The maximum absolute atomic E-state index is 10.6. The number of aliphatic hydroxyl groups excluding tert-OH is 2. The van der Waals surface area contributed by atoms with Gasteiger partial charge < -0.3 is 20.1 Å². The van der Waals surface area contributed by atoms with Gasteiger partial charge >= 0.3 is 5.97 Å². The van der Waals surface area contributed by atoms with Gasteiger partial charge in [-0.1, -0.05) is 36.4 Å². The molecule has 1 saturated carbocycles. The Kier molecular flexibility index (Phi) is 11.2. The first-order valence-electron chi connectivity index (χ1n) is 10.5. The maximum atomic E-state index is 10.6. The molecule has 1 fully saturated rings. The summed E-state index contributed by atoms with van der Waals surface area (Å²) in [4.78, 5) is 10.6. The van der Waals surface area contributed by atoms with Crippen LogP contribution in [-0.2, 0) is 22.6 Å². The summed E-state index contributed by atoms with van der Waals surface area (Å²) in [5, 5.41) is 29.5. The van der Waals surface area contributed by atoms with Crippen LogP contribution < -0.4 is 0 Å². The zero-order valence-corrected chi connectivity index (χ0v) is 19.0. The highest BCUT2D eigenvalue weighted by atomic mass is 35.5. The van der Waals surface area contributed by atoms with Gasteiger partial charge in [-0.15, -0.1) is 11.6 Å². The van der Waals surface area contributed by atoms with E-state index in [1.165, 1.54) is 0 Å². The molecule has 0 unspecified atom stereocenters. The number of alkyl halides is 1. The minimum Gasteiger partial charge on any atom is -0.481 e. The first-order valence-corrected chi connectivity index (χ1v) is 12.0. The van der Waals surface area contributed by atoms with Crippen LogP contribution in [0, 0.1) is 11.8 Å². The predicted octanol–water partition coefficient (Wildman–Crippen LogP) is 3.89. The van der Waals surface area contributed by atoms with E-state index in [1.807, 2.05) is 30.3 Å². The number of carboxylic acid groups (broad SMARTS) is 1. The minimum atomic E-state index is -0.760. The molecule has 168 valence electrons. The summed E-state index contributed by atoms with van der Waals surface area (Å²) in [5.74, 6) is 1.03. The van der Waals surface area contributed by atoms with Crippen LogP contribution in [0.1, 0.15) is 36.8 Å². The molecule has 1 aliphatic rings. The van der Waals surface area contributed by atoms with Crippen molar-refractivity contribution >= 4 is 29.3 Å². The lowest BCUT2D eigenvalue weighted by Crippen LogP contribution is -2.20. The minimum absolute atomic E-state index is 0.0680. The van der Waals surface area contributed by atoms with Gasteiger partial charge in [-0.25, -0.2) is 0 Å². The van der Waals surface area contributed by atoms with Gasteiger partial charge in [0.25, 0.3) is 0 Å². The number of halogens is 1. The van der Waals surface area contributed by atoms with Crippen molar-refractivity contribution in [2.24, 2.45) is 11.8 Å². The number of hydrogen-bond acceptors (Lipinski definition) is 5. The summed E-state index contributed by atoms with van der Waals surface area (Å²) in [6.45, 7) is 0.543. The molecular weight excluding hydrogens is 424 g/mol. The highest BCUT2D eigenvalue weighted by Crippen LogP contribution is 2.39. The normalized spacial score (nSPS) is 25.1. The first-order chi connectivity index (χ1) is 14.4. The van der Waals surface area contributed by atoms with E-state index in [0.717, 1.165) is 29.1 Å². The van der Waals surface area contributed by atoms with Crippen molar-refractivity contribution in [1.29, 1.82) is 0 Å². The van der Waals surface area contributed by atoms with Crippen molar-refractivity contribution in [1.82, 2.24) is 0 Å². The molecule has 3 N–H and O–H groups in total. The summed E-state index contributed by atoms with van der Waals surface area (Å²) >= 11 is 8.22. The van der Waals surface area contributed by atoms with Gasteiger partial charge in [0, 0.05) is 31.2 Å². The summed E-state index contributed by atoms with van der Waals surface area (Å²) in [6, 6.07) is 7.97. The summed E-state index contributed by atoms with van der Waals surface area (Å²) in [7, 11) is 1.66. The number of aliphatic carboxylic acids is 1. The third-order valence-corrected chi connectivity index (χ3v) is 7.05. The zero-order chi connectivity index (χ0) is 21.9. The molecule has 0 spiro atoms. The van der Waals surface area contributed by atoms with Crippen LogP contribution in [0.25, 0.3) is 0 Å². The van der Waals surface area contributed by atoms with E-state index in [0.29, 0.717) is 25.9 Å². The molecular formula is C23H33ClO5S. The van der Waals surface area contributed by atoms with Crippen LogP contribution >= 0.6 is 23.4 Å². The quantitative estimate of drug-likeness (QED) is 0.237. The van der Waals surface area contributed by atoms with Crippen LogP contribution in [0.4, 0.5) is 0 Å². The number of thioether (sulfide) groups is 1. The number of ether oxygens (including phenoxy) is 1. The number of aliphatic hydroxyl groups is 2. The van der Waals surface area contributed by atoms with Crippen LogP contribution in [0.2, 0.25) is 0 Å². The van der Waals surface area contributed by atoms with Crippen molar-refractivity contribution in [2.45, 2.75) is 56.3 Å². The van der Waals surface area contributed by atoms with Crippen molar-refractivity contribution in [2.75, 3.05) is 18.6 Å². The van der Waals surface area contributed by atoms with Gasteiger partial charge in [0.2, 0.25) is 0 Å². The number of benzene rings is 1. The standard InChI is InChI=1S/C23H33ClO5S/c1-29-15-17-5-2-4-16(12-17)13-18(25)7-8-20-19(21(24)14-22(20)26)9-11-30-10-3-6-23(27)28/h2,4-5,7-8,12,18-22,25-26H,3,6,9-11,13-15H2,1H3,(H,27,28)/b8-7+/t18-,19-,20-,21-,22-/m1/s1. The van der Waals surface area contributed by atoms with Gasteiger partial charge in [-0.3, -0.25) is 4.79 Å². The second kappa shape index (κ2) is 13.4. The lowest BCUT2D eigenvalue weighted by atomic mass is 9.91. The molecule has 30 heavy (non-hydrogen) atoms. The van der Waals surface area contributed by atoms with E-state index >= 15 is 0 Å². The number of hydrogen-bond donors (Lipinski definition) is 3. The van der Waals surface area contributed by atoms with Gasteiger partial charge in [-0.05, 0) is 47.8 Å². The summed E-state index contributed by atoms with van der Waals surface area (Å²) in [6.07, 6.45) is 5.37. The molecule has 5 nitrogen and oxygen atoms in total. The average Bonchev–Trinajstić information content (AvgIpc) is 2.95. The van der Waals surface area contributed by atoms with Gasteiger partial charge in [0.1, 0.15) is 0 Å². The Morgan fingerprint density at radius 2 is 2.13 bits per heavy atom. The highest BCUT2D eigenvalue weighted by Gasteiger charge is 2.39. The Balaban J connectivity index is 1.84. The second-order valence-corrected chi connectivity index (χ2v) is 9.65. The number of carbonyl (C=O) groups is 1. The Hall–Kier alpha value is -1.05. The zero-order valence-electron chi connectivity index (χ0n) is 17.5. The molecule has 0 amide bonds. The van der Waals surface area contributed by atoms with Crippen molar-refractivity contribution < 1.29 is 24.9 Å². The SMILES string of the molecule is COCc1cccc(C[C@H](O)/C=C/[C@@H]2[C@@H](CCSCCCC(=O)O)[C@H](Cl)C[C@H]2O)c1. The molecule has 0 heterocycles. The monoisotopic (exact) mass is 456 g/mol. The lowest BCUT2D eigenvalue weighted by Gasteiger charge is -2.21. The predicted molar refractivity (Wildman–Crippen MR) is 122 cm³/mol. The Morgan fingerprint density at radius 1 is 1.37 bits per heavy atom. The lowest BCUT2D eigenvalue weighted by molar-refractivity contribution is -0.137. The smallest absolute Gasteiger partial charge is 0.303 e. The molecule has 0 aromatic heterocycles. The largest absolute Gasteiger partial charge is 0.481 e. The molecule has 0 radical (unpaired) electrons. The van der Waals surface area contributed by atoms with E-state index in [4.69, 9.17) is 21.4 Å². The van der Waals surface area contributed by atoms with Crippen LogP contribution in [0.5, 0.6) is 0 Å². The Morgan fingerprint density at radius 3 is 2.87 bits per heavy atom. The molecule has 0 saturated heterocycles. The fourth-order valence-corrected chi connectivity index (χ4v) is 5.43. The Labute approximate surface area is 188 Å². The highest BCUT2D eigenvalue weighted by molar-refractivity contribution is 7.99. The molecule has 1 aromatic carbocycles. The van der Waals surface area contributed by atoms with Crippen LogP contribution in [-0.4, -0.2) is 57.5 Å². The van der Waals surface area contributed by atoms with Gasteiger partial charge in [0.05, 0.1) is 18.8 Å². The fraction of sp³-hybridized carbons (Fsp3) is 0.609. The summed E-state index contributed by atoms with van der Waals surface area (Å²) < 4.78 is 5.16. The maximum Gasteiger partial charge on any atom is 0.303 e. The number of rotatable bonds is 13. The summed E-state index contributed by atoms with van der Waals surface area (Å²) in [5.41, 5.74) is 2.11. The average molecular weight is 457 g/mol. The third kappa shape index (κ3) is 8.60. The van der Waals surface area contributed by atoms with E-state index < -0.39 is 18.2 Å². The second-order valence-electron chi connectivity index (χ2n) is 7.87. The van der Waals surface area contributed by atoms with Gasteiger partial charge in [-0.2, -0.15) is 11.8 Å². The number of carboxylic acids is 1. The topological polar surface area (TPSA) is 87.0 Å². The Bertz CT molecular complexity index is 683. The van der Waals surface area contributed by atoms with Crippen molar-refractivity contribution in [3.63, 3.8) is 0 Å².